The third-order valence-corrected chi connectivity index (χ3v) is 4.83. The Hall–Kier alpha value is -2.35. The maximum absolute atomic E-state index is 12.8. The first-order chi connectivity index (χ1) is 12.9. The molecule has 1 fully saturated rings. The lowest BCUT2D eigenvalue weighted by Gasteiger charge is -2.28. The molecule has 1 unspecified atom stereocenters. The molecule has 1 aromatic carbocycles. The normalized spacial score (nSPS) is 19.9. The van der Waals surface area contributed by atoms with Gasteiger partial charge in [-0.15, -0.1) is 0 Å². The number of aryl methyl sites for hydroxylation is 1. The summed E-state index contributed by atoms with van der Waals surface area (Å²) < 4.78 is 44.1. The van der Waals surface area contributed by atoms with E-state index in [1.54, 1.807) is 0 Å². The summed E-state index contributed by atoms with van der Waals surface area (Å²) in [6, 6.07) is 5.75. The first-order valence-electron chi connectivity index (χ1n) is 8.91. The minimum absolute atomic E-state index is 0.110. The van der Waals surface area contributed by atoms with Crippen LogP contribution in [0.25, 0.3) is 5.70 Å². The van der Waals surface area contributed by atoms with E-state index in [2.05, 4.69) is 10.4 Å². The number of benzene rings is 1. The van der Waals surface area contributed by atoms with Gasteiger partial charge in [-0.1, -0.05) is 18.2 Å². The van der Waals surface area contributed by atoms with E-state index in [0.717, 1.165) is 42.3 Å². The number of allylic oxidation sites excluding steroid dienone is 2. The molecule has 0 saturated carbocycles. The third kappa shape index (κ3) is 4.68. The highest BCUT2D eigenvalue weighted by Crippen LogP contribution is 2.30. The largest absolute Gasteiger partial charge is 0.414 e. The van der Waals surface area contributed by atoms with Crippen molar-refractivity contribution in [2.24, 2.45) is 5.11 Å². The molecule has 0 radical (unpaired) electrons. The first-order valence-corrected chi connectivity index (χ1v) is 8.91. The molecule has 5 nitrogen and oxygen atoms in total. The van der Waals surface area contributed by atoms with Crippen LogP contribution in [-0.2, 0) is 4.74 Å². The van der Waals surface area contributed by atoms with Crippen LogP contribution in [0.15, 0.2) is 41.0 Å². The summed E-state index contributed by atoms with van der Waals surface area (Å²) in [6.45, 7) is 3.32. The van der Waals surface area contributed by atoms with Gasteiger partial charge >= 0.3 is 6.18 Å². The number of rotatable bonds is 6. The second-order valence-corrected chi connectivity index (χ2v) is 6.78. The topological polar surface area (TPSA) is 60.7 Å². The molecule has 1 atom stereocenters. The maximum atomic E-state index is 12.8. The van der Waals surface area contributed by atoms with Crippen LogP contribution in [0.2, 0.25) is 0 Å². The molecule has 1 aromatic rings. The molecule has 2 heterocycles. The Bertz CT molecular complexity index is 752. The zero-order valence-electron chi connectivity index (χ0n) is 15.1. The number of ether oxygens (including phenoxy) is 1. The molecule has 8 heteroatoms. The van der Waals surface area contributed by atoms with Gasteiger partial charge in [0.1, 0.15) is 6.67 Å². The van der Waals surface area contributed by atoms with E-state index >= 15 is 0 Å². The molecule has 146 valence electrons. The second-order valence-electron chi connectivity index (χ2n) is 6.78. The number of alkyl halides is 3. The van der Waals surface area contributed by atoms with E-state index in [9.17, 15) is 13.2 Å². The van der Waals surface area contributed by atoms with Gasteiger partial charge in [-0.2, -0.15) is 18.3 Å². The second kappa shape index (κ2) is 8.12. The van der Waals surface area contributed by atoms with Crippen LogP contribution in [0.5, 0.6) is 0 Å². The van der Waals surface area contributed by atoms with Gasteiger partial charge in [-0.05, 0) is 43.0 Å². The van der Waals surface area contributed by atoms with Crippen LogP contribution in [0.4, 0.5) is 18.9 Å². The van der Waals surface area contributed by atoms with Crippen LogP contribution in [0.1, 0.15) is 24.0 Å². The fourth-order valence-corrected chi connectivity index (χ4v) is 3.35. The van der Waals surface area contributed by atoms with Crippen molar-refractivity contribution in [2.45, 2.75) is 32.0 Å². The molecule has 2 aliphatic heterocycles. The molecule has 1 saturated heterocycles. The molecule has 3 rings (SSSR count). The lowest BCUT2D eigenvalue weighted by Crippen LogP contribution is -2.33. The molecule has 27 heavy (non-hydrogen) atoms. The Morgan fingerprint density at radius 2 is 2.15 bits per heavy atom. The monoisotopic (exact) mass is 380 g/mol. The first kappa shape index (κ1) is 19.4. The van der Waals surface area contributed by atoms with Crippen molar-refractivity contribution in [1.82, 2.24) is 5.32 Å². The van der Waals surface area contributed by atoms with E-state index in [-0.39, 0.29) is 19.3 Å². The average molecular weight is 380 g/mol. The van der Waals surface area contributed by atoms with Crippen molar-refractivity contribution < 1.29 is 17.9 Å². The minimum Gasteiger partial charge on any atom is -0.380 e. The van der Waals surface area contributed by atoms with E-state index in [1.165, 1.54) is 6.08 Å². The van der Waals surface area contributed by atoms with Gasteiger partial charge in [0.05, 0.1) is 11.7 Å². The van der Waals surface area contributed by atoms with E-state index in [0.29, 0.717) is 12.2 Å². The summed E-state index contributed by atoms with van der Waals surface area (Å²) >= 11 is 0. The van der Waals surface area contributed by atoms with Crippen molar-refractivity contribution in [3.8, 4) is 0 Å². The average Bonchev–Trinajstić information content (AvgIpc) is 3.14. The SMILES string of the molecule is Cc1ccc(C2=CC=C(C(F)(F)F)CN2)cc1N(CN=N)CC1CCCO1. The standard InChI is InChI=1S/C19H23F3N4O/c1-13-4-5-14(17-7-6-15(10-24-17)19(20,21)22)9-18(13)26(12-25-23)11-16-3-2-8-27-16/h4-7,9,16,23-24H,2-3,8,10-12H2,1H3. The summed E-state index contributed by atoms with van der Waals surface area (Å²) in [5, 5.41) is 6.38. The molecule has 2 N–H and O–H groups in total. The fourth-order valence-electron chi connectivity index (χ4n) is 3.35. The van der Waals surface area contributed by atoms with Gasteiger partial charge in [-0.25, -0.2) is 5.53 Å². The van der Waals surface area contributed by atoms with Gasteiger partial charge in [0.2, 0.25) is 0 Å². The quantitative estimate of drug-likeness (QED) is 0.719. The lowest BCUT2D eigenvalue weighted by atomic mass is 10.0. The molecular formula is C19H23F3N4O. The predicted octanol–water partition coefficient (Wildman–Crippen LogP) is 4.40. The van der Waals surface area contributed by atoms with Crippen molar-refractivity contribution in [3.05, 3.63) is 47.1 Å². The number of anilines is 1. The Balaban J connectivity index is 1.85. The number of nitrogens with zero attached hydrogens (tertiary/aromatic N) is 2. The van der Waals surface area contributed by atoms with Gasteiger partial charge in [0, 0.05) is 31.1 Å². The summed E-state index contributed by atoms with van der Waals surface area (Å²) in [4.78, 5) is 1.99. The Labute approximate surface area is 156 Å². The maximum Gasteiger partial charge on any atom is 0.414 e. The predicted molar refractivity (Wildman–Crippen MR) is 97.6 cm³/mol. The third-order valence-electron chi connectivity index (χ3n) is 4.83. The van der Waals surface area contributed by atoms with Crippen molar-refractivity contribution in [2.75, 3.05) is 31.3 Å². The van der Waals surface area contributed by atoms with E-state index in [1.807, 2.05) is 30.0 Å². The molecule has 0 aliphatic carbocycles. The summed E-state index contributed by atoms with van der Waals surface area (Å²) in [7, 11) is 0. The molecular weight excluding hydrogens is 357 g/mol. The summed E-state index contributed by atoms with van der Waals surface area (Å²) in [6.07, 6.45) is 0.375. The number of halogens is 3. The van der Waals surface area contributed by atoms with Gasteiger partial charge in [0.15, 0.2) is 0 Å². The van der Waals surface area contributed by atoms with Crippen LogP contribution in [0.3, 0.4) is 0 Å². The number of nitrogens with one attached hydrogen (secondary N) is 2. The Kier molecular flexibility index (Phi) is 5.84. The summed E-state index contributed by atoms with van der Waals surface area (Å²) in [5.41, 5.74) is 10.0. The highest BCUT2D eigenvalue weighted by atomic mass is 19.4. The zero-order valence-corrected chi connectivity index (χ0v) is 15.1. The van der Waals surface area contributed by atoms with Gasteiger partial charge < -0.3 is 15.0 Å². The Morgan fingerprint density at radius 3 is 2.74 bits per heavy atom. The van der Waals surface area contributed by atoms with Crippen molar-refractivity contribution in [3.63, 3.8) is 0 Å². The number of hydrogen-bond acceptors (Lipinski definition) is 5. The number of dihydropyridines is 1. The van der Waals surface area contributed by atoms with Gasteiger partial charge in [-0.3, -0.25) is 0 Å². The number of hydrogen-bond donors (Lipinski definition) is 2. The highest BCUT2D eigenvalue weighted by molar-refractivity contribution is 5.72. The molecule has 2 aliphatic rings. The van der Waals surface area contributed by atoms with E-state index < -0.39 is 11.7 Å². The van der Waals surface area contributed by atoms with Crippen molar-refractivity contribution in [1.29, 1.82) is 5.53 Å². The van der Waals surface area contributed by atoms with Crippen molar-refractivity contribution >= 4 is 11.4 Å². The lowest BCUT2D eigenvalue weighted by molar-refractivity contribution is -0.0927. The van der Waals surface area contributed by atoms with Crippen LogP contribution < -0.4 is 10.2 Å². The zero-order chi connectivity index (χ0) is 19.4. The summed E-state index contributed by atoms with van der Waals surface area (Å²) in [5.74, 6) is 0. The molecule has 0 amide bonds. The van der Waals surface area contributed by atoms with Crippen LogP contribution in [-0.4, -0.2) is 38.6 Å². The highest BCUT2D eigenvalue weighted by Gasteiger charge is 2.34. The molecule has 0 bridgehead atoms. The fraction of sp³-hybridized carbons (Fsp3) is 0.474. The molecule has 0 spiro atoms. The smallest absolute Gasteiger partial charge is 0.380 e. The Morgan fingerprint density at radius 1 is 1.33 bits per heavy atom. The van der Waals surface area contributed by atoms with Crippen LogP contribution >= 0.6 is 0 Å². The minimum atomic E-state index is -4.32. The molecule has 0 aromatic heterocycles. The van der Waals surface area contributed by atoms with Gasteiger partial charge in [0.25, 0.3) is 0 Å². The van der Waals surface area contributed by atoms with Crippen LogP contribution in [0, 0.1) is 12.5 Å². The van der Waals surface area contributed by atoms with E-state index in [4.69, 9.17) is 10.3 Å².